The number of pyridine rings is 1. The Kier molecular flexibility index (Phi) is 3.05. The van der Waals surface area contributed by atoms with Crippen molar-refractivity contribution in [3.05, 3.63) is 23.9 Å². The molecular formula is C9H15N3. The molecule has 1 atom stereocenters. The van der Waals surface area contributed by atoms with E-state index in [4.69, 9.17) is 5.73 Å². The van der Waals surface area contributed by atoms with Gasteiger partial charge in [-0.25, -0.2) is 4.98 Å². The van der Waals surface area contributed by atoms with Gasteiger partial charge in [0.15, 0.2) is 0 Å². The molecule has 0 fully saturated rings. The molecule has 0 aliphatic heterocycles. The fourth-order valence-corrected chi connectivity index (χ4v) is 1.01. The maximum absolute atomic E-state index is 5.83. The normalized spacial score (nSPS) is 12.6. The van der Waals surface area contributed by atoms with Crippen LogP contribution in [0.15, 0.2) is 18.3 Å². The summed E-state index contributed by atoms with van der Waals surface area (Å²) in [6.07, 6.45) is 2.76. The first-order valence-electron chi connectivity index (χ1n) is 4.17. The van der Waals surface area contributed by atoms with Crippen molar-refractivity contribution in [2.24, 2.45) is 5.73 Å². The lowest BCUT2D eigenvalue weighted by molar-refractivity contribution is 0.695. The van der Waals surface area contributed by atoms with Crippen LogP contribution in [0.2, 0.25) is 0 Å². The Labute approximate surface area is 73.0 Å². The minimum absolute atomic E-state index is 0.114. The summed E-state index contributed by atoms with van der Waals surface area (Å²) in [4.78, 5) is 4.18. The summed E-state index contributed by atoms with van der Waals surface area (Å²) in [7, 11) is 1.85. The monoisotopic (exact) mass is 165 g/mol. The van der Waals surface area contributed by atoms with Gasteiger partial charge in [-0.1, -0.05) is 13.0 Å². The van der Waals surface area contributed by atoms with Gasteiger partial charge in [-0.3, -0.25) is 0 Å². The highest BCUT2D eigenvalue weighted by molar-refractivity contribution is 5.35. The topological polar surface area (TPSA) is 50.9 Å². The predicted octanol–water partition coefficient (Wildman–Crippen LogP) is 1.53. The minimum atomic E-state index is 0.114. The van der Waals surface area contributed by atoms with Gasteiger partial charge < -0.3 is 11.1 Å². The highest BCUT2D eigenvalue weighted by atomic mass is 14.9. The van der Waals surface area contributed by atoms with E-state index in [1.165, 1.54) is 0 Å². The van der Waals surface area contributed by atoms with Gasteiger partial charge in [0, 0.05) is 19.3 Å². The second-order valence-corrected chi connectivity index (χ2v) is 2.74. The van der Waals surface area contributed by atoms with E-state index >= 15 is 0 Å². The standard InChI is InChI=1S/C9H15N3/c1-3-8(10)7-4-5-9(11-2)12-6-7/h4-6,8H,3,10H2,1-2H3,(H,11,12)/t8-/m1/s1. The number of anilines is 1. The number of nitrogens with zero attached hydrogens (tertiary/aromatic N) is 1. The molecule has 3 N–H and O–H groups in total. The number of aromatic nitrogens is 1. The van der Waals surface area contributed by atoms with Crippen LogP contribution in [0.25, 0.3) is 0 Å². The summed E-state index contributed by atoms with van der Waals surface area (Å²) in [6, 6.07) is 4.06. The summed E-state index contributed by atoms with van der Waals surface area (Å²) in [5.74, 6) is 0.877. The quantitative estimate of drug-likeness (QED) is 0.714. The summed E-state index contributed by atoms with van der Waals surface area (Å²) >= 11 is 0. The fraction of sp³-hybridized carbons (Fsp3) is 0.444. The molecule has 0 bridgehead atoms. The summed E-state index contributed by atoms with van der Waals surface area (Å²) in [6.45, 7) is 2.07. The molecular weight excluding hydrogens is 150 g/mol. The largest absolute Gasteiger partial charge is 0.373 e. The third-order valence-corrected chi connectivity index (χ3v) is 1.91. The van der Waals surface area contributed by atoms with E-state index in [0.29, 0.717) is 0 Å². The van der Waals surface area contributed by atoms with Crippen LogP contribution >= 0.6 is 0 Å². The average molecular weight is 165 g/mol. The lowest BCUT2D eigenvalue weighted by Gasteiger charge is -2.08. The first kappa shape index (κ1) is 9.00. The SMILES string of the molecule is CC[C@@H](N)c1ccc(NC)nc1. The number of nitrogens with two attached hydrogens (primary N) is 1. The minimum Gasteiger partial charge on any atom is -0.373 e. The van der Waals surface area contributed by atoms with E-state index in [9.17, 15) is 0 Å². The molecule has 0 aromatic carbocycles. The van der Waals surface area contributed by atoms with E-state index in [1.54, 1.807) is 0 Å². The maximum atomic E-state index is 5.83. The smallest absolute Gasteiger partial charge is 0.125 e. The van der Waals surface area contributed by atoms with Crippen LogP contribution in [0.1, 0.15) is 24.9 Å². The zero-order valence-corrected chi connectivity index (χ0v) is 7.54. The Morgan fingerprint density at radius 1 is 1.58 bits per heavy atom. The van der Waals surface area contributed by atoms with Gasteiger partial charge in [-0.05, 0) is 18.1 Å². The molecule has 1 heterocycles. The molecule has 0 spiro atoms. The second-order valence-electron chi connectivity index (χ2n) is 2.74. The molecule has 1 aromatic heterocycles. The van der Waals surface area contributed by atoms with Crippen molar-refractivity contribution in [2.45, 2.75) is 19.4 Å². The Morgan fingerprint density at radius 2 is 2.33 bits per heavy atom. The molecule has 0 aliphatic rings. The Balaban J connectivity index is 2.77. The fourth-order valence-electron chi connectivity index (χ4n) is 1.01. The van der Waals surface area contributed by atoms with Crippen molar-refractivity contribution in [1.29, 1.82) is 0 Å². The van der Waals surface area contributed by atoms with Crippen molar-refractivity contribution in [2.75, 3.05) is 12.4 Å². The molecule has 0 aliphatic carbocycles. The van der Waals surface area contributed by atoms with E-state index in [2.05, 4.69) is 17.2 Å². The summed E-state index contributed by atoms with van der Waals surface area (Å²) < 4.78 is 0. The van der Waals surface area contributed by atoms with Gasteiger partial charge in [0.2, 0.25) is 0 Å². The molecule has 1 rings (SSSR count). The van der Waals surface area contributed by atoms with E-state index in [-0.39, 0.29) is 6.04 Å². The van der Waals surface area contributed by atoms with Gasteiger partial charge in [0.1, 0.15) is 5.82 Å². The van der Waals surface area contributed by atoms with Gasteiger partial charge in [-0.15, -0.1) is 0 Å². The van der Waals surface area contributed by atoms with Crippen LogP contribution in [0.5, 0.6) is 0 Å². The molecule has 0 unspecified atom stereocenters. The van der Waals surface area contributed by atoms with E-state index < -0.39 is 0 Å². The first-order valence-corrected chi connectivity index (χ1v) is 4.17. The average Bonchev–Trinajstić information content (AvgIpc) is 2.17. The molecule has 0 saturated heterocycles. The van der Waals surface area contributed by atoms with Crippen LogP contribution < -0.4 is 11.1 Å². The van der Waals surface area contributed by atoms with Gasteiger partial charge in [0.05, 0.1) is 0 Å². The summed E-state index contributed by atoms with van der Waals surface area (Å²) in [5, 5.41) is 2.96. The van der Waals surface area contributed by atoms with Crippen LogP contribution in [-0.4, -0.2) is 12.0 Å². The number of rotatable bonds is 3. The van der Waals surface area contributed by atoms with E-state index in [1.807, 2.05) is 25.4 Å². The third-order valence-electron chi connectivity index (χ3n) is 1.91. The Hall–Kier alpha value is -1.09. The number of nitrogens with one attached hydrogen (secondary N) is 1. The van der Waals surface area contributed by atoms with Crippen molar-refractivity contribution in [3.63, 3.8) is 0 Å². The third kappa shape index (κ3) is 1.95. The van der Waals surface area contributed by atoms with Crippen molar-refractivity contribution < 1.29 is 0 Å². The van der Waals surface area contributed by atoms with Crippen LogP contribution in [0.4, 0.5) is 5.82 Å². The van der Waals surface area contributed by atoms with Crippen molar-refractivity contribution in [1.82, 2.24) is 4.98 Å². The molecule has 12 heavy (non-hydrogen) atoms. The Bertz CT molecular complexity index is 230. The zero-order valence-electron chi connectivity index (χ0n) is 7.54. The zero-order chi connectivity index (χ0) is 8.97. The van der Waals surface area contributed by atoms with Crippen molar-refractivity contribution in [3.8, 4) is 0 Å². The van der Waals surface area contributed by atoms with E-state index in [0.717, 1.165) is 17.8 Å². The summed E-state index contributed by atoms with van der Waals surface area (Å²) in [5.41, 5.74) is 6.92. The number of hydrogen-bond acceptors (Lipinski definition) is 3. The molecule has 3 heteroatoms. The molecule has 0 saturated carbocycles. The Morgan fingerprint density at radius 3 is 2.75 bits per heavy atom. The number of hydrogen-bond donors (Lipinski definition) is 2. The highest BCUT2D eigenvalue weighted by Gasteiger charge is 2.02. The lowest BCUT2D eigenvalue weighted by Crippen LogP contribution is -2.08. The molecule has 3 nitrogen and oxygen atoms in total. The second kappa shape index (κ2) is 4.07. The van der Waals surface area contributed by atoms with Crippen LogP contribution in [0, 0.1) is 0 Å². The predicted molar refractivity (Wildman–Crippen MR) is 51.0 cm³/mol. The maximum Gasteiger partial charge on any atom is 0.125 e. The van der Waals surface area contributed by atoms with Gasteiger partial charge in [-0.2, -0.15) is 0 Å². The first-order chi connectivity index (χ1) is 5.77. The van der Waals surface area contributed by atoms with Gasteiger partial charge >= 0.3 is 0 Å². The highest BCUT2D eigenvalue weighted by Crippen LogP contribution is 2.13. The van der Waals surface area contributed by atoms with Gasteiger partial charge in [0.25, 0.3) is 0 Å². The van der Waals surface area contributed by atoms with Crippen molar-refractivity contribution >= 4 is 5.82 Å². The van der Waals surface area contributed by atoms with Crippen LogP contribution in [-0.2, 0) is 0 Å². The molecule has 0 radical (unpaired) electrons. The molecule has 66 valence electrons. The molecule has 0 amide bonds. The molecule has 1 aromatic rings. The lowest BCUT2D eigenvalue weighted by atomic mass is 10.1. The van der Waals surface area contributed by atoms with Crippen LogP contribution in [0.3, 0.4) is 0 Å².